The second-order valence-electron chi connectivity index (χ2n) is 2.66. The molecule has 0 unspecified atom stereocenters. The maximum absolute atomic E-state index is 10.1. The first-order chi connectivity index (χ1) is 6.24. The summed E-state index contributed by atoms with van der Waals surface area (Å²) < 4.78 is 0.947. The van der Waals surface area contributed by atoms with Gasteiger partial charge in [-0.3, -0.25) is 0 Å². The first kappa shape index (κ1) is 10.7. The molecule has 0 amide bonds. The van der Waals surface area contributed by atoms with Gasteiger partial charge in [0.05, 0.1) is 0 Å². The molecule has 0 radical (unpaired) electrons. The van der Waals surface area contributed by atoms with Crippen LogP contribution in [-0.2, 0) is 11.2 Å². The summed E-state index contributed by atoms with van der Waals surface area (Å²) in [4.78, 5) is 14.0. The molecule has 0 N–H and O–H groups in total. The molecule has 0 aliphatic carbocycles. The molecule has 1 aromatic rings. The van der Waals surface area contributed by atoms with Gasteiger partial charge in [0.25, 0.3) is 0 Å². The zero-order valence-corrected chi connectivity index (χ0v) is 9.31. The van der Waals surface area contributed by atoms with Gasteiger partial charge in [-0.05, 0) is 40.4 Å². The molecule has 0 aliphatic rings. The summed E-state index contributed by atoms with van der Waals surface area (Å²) in [6.45, 7) is 0. The second-order valence-corrected chi connectivity index (χ2v) is 3.90. The topological polar surface area (TPSA) is 30.0 Å². The van der Waals surface area contributed by atoms with Crippen LogP contribution in [0.25, 0.3) is 0 Å². The van der Waals surface area contributed by atoms with Crippen LogP contribution in [0.15, 0.2) is 16.7 Å². The van der Waals surface area contributed by atoms with Crippen molar-refractivity contribution in [3.63, 3.8) is 0 Å². The number of halogens is 2. The number of carbonyl (C=O) groups is 1. The Morgan fingerprint density at radius 2 is 2.38 bits per heavy atom. The first-order valence-electron chi connectivity index (χ1n) is 3.97. The molecule has 13 heavy (non-hydrogen) atoms. The lowest BCUT2D eigenvalue weighted by Gasteiger charge is -2.02. The Hall–Kier alpha value is -0.410. The lowest BCUT2D eigenvalue weighted by molar-refractivity contribution is -0.107. The SMILES string of the molecule is O=CCCCc1cc(Cl)ncc1Br. The number of nitrogens with zero attached hydrogens (tertiary/aromatic N) is 1. The highest BCUT2D eigenvalue weighted by Gasteiger charge is 2.01. The van der Waals surface area contributed by atoms with Crippen molar-refractivity contribution in [3.05, 3.63) is 27.5 Å². The summed E-state index contributed by atoms with van der Waals surface area (Å²) in [5, 5.41) is 0.490. The molecule has 2 nitrogen and oxygen atoms in total. The highest BCUT2D eigenvalue weighted by atomic mass is 79.9. The fraction of sp³-hybridized carbons (Fsp3) is 0.333. The normalized spacial score (nSPS) is 10.0. The number of aromatic nitrogens is 1. The molecule has 0 aliphatic heterocycles. The van der Waals surface area contributed by atoms with E-state index in [9.17, 15) is 4.79 Å². The number of hydrogen-bond acceptors (Lipinski definition) is 2. The van der Waals surface area contributed by atoms with E-state index in [4.69, 9.17) is 11.6 Å². The smallest absolute Gasteiger partial charge is 0.129 e. The van der Waals surface area contributed by atoms with Crippen LogP contribution < -0.4 is 0 Å². The second kappa shape index (κ2) is 5.35. The van der Waals surface area contributed by atoms with Crippen LogP contribution >= 0.6 is 27.5 Å². The Morgan fingerprint density at radius 1 is 1.62 bits per heavy atom. The van der Waals surface area contributed by atoms with Gasteiger partial charge in [-0.2, -0.15) is 0 Å². The van der Waals surface area contributed by atoms with Gasteiger partial charge in [-0.15, -0.1) is 0 Å². The Labute approximate surface area is 90.4 Å². The maximum atomic E-state index is 10.1. The number of pyridine rings is 1. The summed E-state index contributed by atoms with van der Waals surface area (Å²) in [6, 6.07) is 1.82. The molecule has 1 heterocycles. The van der Waals surface area contributed by atoms with E-state index in [0.717, 1.165) is 29.2 Å². The third-order valence-corrected chi connectivity index (χ3v) is 2.59. The Bertz CT molecular complexity index is 304. The molecule has 1 rings (SSSR count). The van der Waals surface area contributed by atoms with Crippen LogP contribution in [0, 0.1) is 0 Å². The molecule has 0 fully saturated rings. The number of aryl methyl sites for hydroxylation is 1. The van der Waals surface area contributed by atoms with Crippen molar-refractivity contribution < 1.29 is 4.79 Å². The van der Waals surface area contributed by atoms with Crippen LogP contribution in [0.4, 0.5) is 0 Å². The van der Waals surface area contributed by atoms with Crippen LogP contribution in [0.5, 0.6) is 0 Å². The van der Waals surface area contributed by atoms with E-state index in [1.165, 1.54) is 0 Å². The van der Waals surface area contributed by atoms with Gasteiger partial charge in [0.2, 0.25) is 0 Å². The largest absolute Gasteiger partial charge is 0.303 e. The van der Waals surface area contributed by atoms with E-state index in [1.807, 2.05) is 6.07 Å². The van der Waals surface area contributed by atoms with Gasteiger partial charge in [0.1, 0.15) is 11.4 Å². The van der Waals surface area contributed by atoms with E-state index in [1.54, 1.807) is 6.20 Å². The minimum atomic E-state index is 0.490. The van der Waals surface area contributed by atoms with Crippen molar-refractivity contribution in [3.8, 4) is 0 Å². The lowest BCUT2D eigenvalue weighted by atomic mass is 10.1. The summed E-state index contributed by atoms with van der Waals surface area (Å²) in [5.74, 6) is 0. The predicted octanol–water partition coefficient (Wildman–Crippen LogP) is 3.02. The van der Waals surface area contributed by atoms with Gasteiger partial charge >= 0.3 is 0 Å². The monoisotopic (exact) mass is 261 g/mol. The van der Waals surface area contributed by atoms with E-state index >= 15 is 0 Å². The number of aldehydes is 1. The highest BCUT2D eigenvalue weighted by Crippen LogP contribution is 2.20. The van der Waals surface area contributed by atoms with Crippen molar-refractivity contribution in [1.82, 2.24) is 4.98 Å². The standard InChI is InChI=1S/C9H9BrClNO/c10-8-6-12-9(11)5-7(8)3-1-2-4-13/h4-6H,1-3H2. The summed E-state index contributed by atoms with van der Waals surface area (Å²) in [6.07, 6.45) is 4.89. The van der Waals surface area contributed by atoms with Crippen molar-refractivity contribution in [2.75, 3.05) is 0 Å². The quantitative estimate of drug-likeness (QED) is 0.474. The van der Waals surface area contributed by atoms with Crippen LogP contribution in [0.1, 0.15) is 18.4 Å². The molecular formula is C9H9BrClNO. The Balaban J connectivity index is 2.64. The van der Waals surface area contributed by atoms with E-state index in [2.05, 4.69) is 20.9 Å². The van der Waals surface area contributed by atoms with Gasteiger partial charge in [0.15, 0.2) is 0 Å². The van der Waals surface area contributed by atoms with Gasteiger partial charge in [-0.25, -0.2) is 4.98 Å². The van der Waals surface area contributed by atoms with Crippen LogP contribution in [0.3, 0.4) is 0 Å². The summed E-state index contributed by atoms with van der Waals surface area (Å²) in [5.41, 5.74) is 1.10. The highest BCUT2D eigenvalue weighted by molar-refractivity contribution is 9.10. The average molecular weight is 263 g/mol. The molecule has 0 spiro atoms. The fourth-order valence-corrected chi connectivity index (χ4v) is 1.61. The van der Waals surface area contributed by atoms with E-state index in [-0.39, 0.29) is 0 Å². The number of rotatable bonds is 4. The summed E-state index contributed by atoms with van der Waals surface area (Å²) in [7, 11) is 0. The average Bonchev–Trinajstić information content (AvgIpc) is 2.11. The van der Waals surface area contributed by atoms with Crippen molar-refractivity contribution in [2.24, 2.45) is 0 Å². The fourth-order valence-electron chi connectivity index (χ4n) is 1.02. The minimum Gasteiger partial charge on any atom is -0.303 e. The molecule has 0 bridgehead atoms. The Kier molecular flexibility index (Phi) is 4.39. The van der Waals surface area contributed by atoms with Crippen LogP contribution in [0.2, 0.25) is 5.15 Å². The lowest BCUT2D eigenvalue weighted by Crippen LogP contribution is -1.89. The molecule has 0 aromatic carbocycles. The zero-order chi connectivity index (χ0) is 9.68. The third-order valence-electron chi connectivity index (χ3n) is 1.67. The van der Waals surface area contributed by atoms with E-state index < -0.39 is 0 Å². The van der Waals surface area contributed by atoms with Gasteiger partial charge < -0.3 is 4.79 Å². The minimum absolute atomic E-state index is 0.490. The molecule has 1 aromatic heterocycles. The van der Waals surface area contributed by atoms with Crippen molar-refractivity contribution in [2.45, 2.75) is 19.3 Å². The first-order valence-corrected chi connectivity index (χ1v) is 5.14. The molecule has 0 saturated heterocycles. The van der Waals surface area contributed by atoms with Crippen molar-refractivity contribution in [1.29, 1.82) is 0 Å². The molecular weight excluding hydrogens is 253 g/mol. The molecule has 4 heteroatoms. The van der Waals surface area contributed by atoms with E-state index in [0.29, 0.717) is 11.6 Å². The molecule has 0 atom stereocenters. The third kappa shape index (κ3) is 3.44. The van der Waals surface area contributed by atoms with Crippen LogP contribution in [-0.4, -0.2) is 11.3 Å². The number of unbranched alkanes of at least 4 members (excludes halogenated alkanes) is 1. The van der Waals surface area contributed by atoms with Gasteiger partial charge in [-0.1, -0.05) is 11.6 Å². The summed E-state index contributed by atoms with van der Waals surface area (Å²) >= 11 is 9.10. The number of hydrogen-bond donors (Lipinski definition) is 0. The molecule has 0 saturated carbocycles. The molecule has 70 valence electrons. The zero-order valence-electron chi connectivity index (χ0n) is 6.96. The Morgan fingerprint density at radius 3 is 3.08 bits per heavy atom. The van der Waals surface area contributed by atoms with Gasteiger partial charge in [0, 0.05) is 17.1 Å². The maximum Gasteiger partial charge on any atom is 0.129 e. The predicted molar refractivity (Wildman–Crippen MR) is 55.9 cm³/mol. The number of carbonyl (C=O) groups excluding carboxylic acids is 1. The van der Waals surface area contributed by atoms with Crippen molar-refractivity contribution >= 4 is 33.8 Å².